The Morgan fingerprint density at radius 3 is 2.40 bits per heavy atom. The summed E-state index contributed by atoms with van der Waals surface area (Å²) in [7, 11) is 0. The molecule has 2 aromatic rings. The molecule has 0 aliphatic carbocycles. The van der Waals surface area contributed by atoms with Gasteiger partial charge in [0.25, 0.3) is 0 Å². The first-order chi connectivity index (χ1) is 9.78. The summed E-state index contributed by atoms with van der Waals surface area (Å²) in [5, 5.41) is 3.33. The van der Waals surface area contributed by atoms with Gasteiger partial charge in [0.15, 0.2) is 0 Å². The molecule has 0 bridgehead atoms. The minimum Gasteiger partial charge on any atom is -0.427 e. The van der Waals surface area contributed by atoms with Crippen molar-refractivity contribution < 1.29 is 9.53 Å². The van der Waals surface area contributed by atoms with Crippen LogP contribution in [0, 0.1) is 0 Å². The highest BCUT2D eigenvalue weighted by molar-refractivity contribution is 5.72. The predicted molar refractivity (Wildman–Crippen MR) is 80.8 cm³/mol. The lowest BCUT2D eigenvalue weighted by Gasteiger charge is -2.08. The van der Waals surface area contributed by atoms with Crippen LogP contribution in [0.15, 0.2) is 54.6 Å². The quantitative estimate of drug-likeness (QED) is 0.636. The van der Waals surface area contributed by atoms with Gasteiger partial charge < -0.3 is 10.1 Å². The van der Waals surface area contributed by atoms with E-state index in [1.54, 1.807) is 12.1 Å². The summed E-state index contributed by atoms with van der Waals surface area (Å²) in [6, 6.07) is 17.6. The van der Waals surface area contributed by atoms with Crippen molar-refractivity contribution in [3.63, 3.8) is 0 Å². The molecule has 3 heteroatoms. The number of ether oxygens (including phenoxy) is 1. The van der Waals surface area contributed by atoms with E-state index in [0.29, 0.717) is 12.2 Å². The van der Waals surface area contributed by atoms with Crippen molar-refractivity contribution in [2.75, 3.05) is 5.32 Å². The van der Waals surface area contributed by atoms with Crippen LogP contribution in [0.5, 0.6) is 5.75 Å². The highest BCUT2D eigenvalue weighted by Gasteiger charge is 2.03. The van der Waals surface area contributed by atoms with Crippen molar-refractivity contribution in [1.29, 1.82) is 0 Å². The van der Waals surface area contributed by atoms with Gasteiger partial charge in [-0.1, -0.05) is 37.3 Å². The minimum absolute atomic E-state index is 0.183. The van der Waals surface area contributed by atoms with Gasteiger partial charge in [0.2, 0.25) is 0 Å². The number of rotatable bonds is 6. The molecule has 0 amide bonds. The molecule has 3 nitrogen and oxygen atoms in total. The summed E-state index contributed by atoms with van der Waals surface area (Å²) in [6.45, 7) is 2.73. The molecule has 2 rings (SSSR count). The molecule has 0 aromatic heterocycles. The molecule has 0 spiro atoms. The molecule has 0 unspecified atom stereocenters. The van der Waals surface area contributed by atoms with Gasteiger partial charge in [-0.15, -0.1) is 0 Å². The number of nitrogens with one attached hydrogen (secondary N) is 1. The van der Waals surface area contributed by atoms with Crippen LogP contribution in [0.1, 0.15) is 25.3 Å². The third kappa shape index (κ3) is 4.43. The van der Waals surface area contributed by atoms with Gasteiger partial charge in [-0.3, -0.25) is 4.79 Å². The summed E-state index contributed by atoms with van der Waals surface area (Å²) in [4.78, 5) is 11.4. The van der Waals surface area contributed by atoms with Crippen molar-refractivity contribution >= 4 is 11.7 Å². The standard InChI is InChI=1S/C17H19NO2/c1-2-6-17(19)20-16-11-9-15(10-12-16)18-13-14-7-4-3-5-8-14/h3-5,7-12,18H,2,6,13H2,1H3. The summed E-state index contributed by atoms with van der Waals surface area (Å²) in [5.41, 5.74) is 2.23. The van der Waals surface area contributed by atoms with E-state index in [0.717, 1.165) is 18.7 Å². The third-order valence-corrected chi connectivity index (χ3v) is 2.88. The van der Waals surface area contributed by atoms with E-state index >= 15 is 0 Å². The largest absolute Gasteiger partial charge is 0.427 e. The van der Waals surface area contributed by atoms with E-state index < -0.39 is 0 Å². The van der Waals surface area contributed by atoms with Gasteiger partial charge >= 0.3 is 5.97 Å². The monoisotopic (exact) mass is 269 g/mol. The highest BCUT2D eigenvalue weighted by atomic mass is 16.5. The molecular weight excluding hydrogens is 250 g/mol. The SMILES string of the molecule is CCCC(=O)Oc1ccc(NCc2ccccc2)cc1. The van der Waals surface area contributed by atoms with Gasteiger partial charge in [-0.2, -0.15) is 0 Å². The first-order valence-corrected chi connectivity index (χ1v) is 6.86. The zero-order valence-electron chi connectivity index (χ0n) is 11.6. The number of hydrogen-bond acceptors (Lipinski definition) is 3. The zero-order chi connectivity index (χ0) is 14.2. The second-order valence-electron chi connectivity index (χ2n) is 4.59. The number of benzene rings is 2. The fraction of sp³-hybridized carbons (Fsp3) is 0.235. The first kappa shape index (κ1) is 14.1. The molecule has 0 radical (unpaired) electrons. The van der Waals surface area contributed by atoms with E-state index in [2.05, 4.69) is 17.4 Å². The van der Waals surface area contributed by atoms with Crippen molar-refractivity contribution in [2.45, 2.75) is 26.3 Å². The predicted octanol–water partition coefficient (Wildman–Crippen LogP) is 4.00. The lowest BCUT2D eigenvalue weighted by Crippen LogP contribution is -2.06. The Morgan fingerprint density at radius 1 is 1.05 bits per heavy atom. The number of anilines is 1. The molecule has 20 heavy (non-hydrogen) atoms. The fourth-order valence-electron chi connectivity index (χ4n) is 1.83. The summed E-state index contributed by atoms with van der Waals surface area (Å²) >= 11 is 0. The number of hydrogen-bond donors (Lipinski definition) is 1. The van der Waals surface area contributed by atoms with Gasteiger partial charge in [0.05, 0.1) is 0 Å². The van der Waals surface area contributed by atoms with Crippen LogP contribution in [0.25, 0.3) is 0 Å². The Bertz CT molecular complexity index is 535. The van der Waals surface area contributed by atoms with Gasteiger partial charge in [-0.25, -0.2) is 0 Å². The Labute approximate surface area is 119 Å². The second kappa shape index (κ2) is 7.34. The molecule has 0 aliphatic rings. The molecule has 1 N–H and O–H groups in total. The van der Waals surface area contributed by atoms with Gasteiger partial charge in [-0.05, 0) is 36.2 Å². The van der Waals surface area contributed by atoms with Crippen LogP contribution < -0.4 is 10.1 Å². The summed E-state index contributed by atoms with van der Waals surface area (Å²) in [6.07, 6.45) is 1.25. The van der Waals surface area contributed by atoms with E-state index in [1.165, 1.54) is 5.56 Å². The molecule has 104 valence electrons. The van der Waals surface area contributed by atoms with Crippen molar-refractivity contribution in [3.8, 4) is 5.75 Å². The zero-order valence-corrected chi connectivity index (χ0v) is 11.6. The topological polar surface area (TPSA) is 38.3 Å². The number of carbonyl (C=O) groups excluding carboxylic acids is 1. The molecule has 0 atom stereocenters. The van der Waals surface area contributed by atoms with Crippen molar-refractivity contribution in [2.24, 2.45) is 0 Å². The normalized spacial score (nSPS) is 10.1. The lowest BCUT2D eigenvalue weighted by atomic mass is 10.2. The molecule has 0 saturated carbocycles. The lowest BCUT2D eigenvalue weighted by molar-refractivity contribution is -0.134. The Kier molecular flexibility index (Phi) is 5.18. The molecule has 0 heterocycles. The van der Waals surface area contributed by atoms with E-state index in [1.807, 2.05) is 37.3 Å². The average Bonchev–Trinajstić information content (AvgIpc) is 2.48. The van der Waals surface area contributed by atoms with E-state index in [4.69, 9.17) is 4.74 Å². The van der Waals surface area contributed by atoms with Crippen LogP contribution in [-0.2, 0) is 11.3 Å². The molecular formula is C17H19NO2. The Hall–Kier alpha value is -2.29. The summed E-state index contributed by atoms with van der Waals surface area (Å²) < 4.78 is 5.21. The van der Waals surface area contributed by atoms with Crippen LogP contribution >= 0.6 is 0 Å². The van der Waals surface area contributed by atoms with Gasteiger partial charge in [0, 0.05) is 18.7 Å². The number of carbonyl (C=O) groups is 1. The van der Waals surface area contributed by atoms with Crippen LogP contribution in [0.3, 0.4) is 0 Å². The fourth-order valence-corrected chi connectivity index (χ4v) is 1.83. The first-order valence-electron chi connectivity index (χ1n) is 6.86. The highest BCUT2D eigenvalue weighted by Crippen LogP contribution is 2.17. The van der Waals surface area contributed by atoms with Gasteiger partial charge in [0.1, 0.15) is 5.75 Å². The second-order valence-corrected chi connectivity index (χ2v) is 4.59. The summed E-state index contributed by atoms with van der Waals surface area (Å²) in [5.74, 6) is 0.409. The van der Waals surface area contributed by atoms with E-state index in [-0.39, 0.29) is 5.97 Å². The smallest absolute Gasteiger partial charge is 0.311 e. The number of esters is 1. The molecule has 0 saturated heterocycles. The Balaban J connectivity index is 1.87. The molecule has 2 aromatic carbocycles. The van der Waals surface area contributed by atoms with Crippen molar-refractivity contribution in [1.82, 2.24) is 0 Å². The maximum Gasteiger partial charge on any atom is 0.311 e. The van der Waals surface area contributed by atoms with Crippen LogP contribution in [-0.4, -0.2) is 5.97 Å². The van der Waals surface area contributed by atoms with Crippen molar-refractivity contribution in [3.05, 3.63) is 60.2 Å². The third-order valence-electron chi connectivity index (χ3n) is 2.88. The maximum absolute atomic E-state index is 11.4. The average molecular weight is 269 g/mol. The van der Waals surface area contributed by atoms with Crippen LogP contribution in [0.4, 0.5) is 5.69 Å². The Morgan fingerprint density at radius 2 is 1.75 bits per heavy atom. The molecule has 0 fully saturated rings. The van der Waals surface area contributed by atoms with E-state index in [9.17, 15) is 4.79 Å². The molecule has 0 aliphatic heterocycles. The van der Waals surface area contributed by atoms with Crippen LogP contribution in [0.2, 0.25) is 0 Å². The minimum atomic E-state index is -0.183. The maximum atomic E-state index is 11.4.